The topological polar surface area (TPSA) is 81.2 Å². The van der Waals surface area contributed by atoms with Gasteiger partial charge in [-0.25, -0.2) is 12.7 Å². The maximum absolute atomic E-state index is 11.7. The molecule has 1 saturated heterocycles. The van der Waals surface area contributed by atoms with Crippen molar-refractivity contribution in [3.8, 4) is 0 Å². The van der Waals surface area contributed by atoms with Gasteiger partial charge in [0.2, 0.25) is 15.9 Å². The maximum atomic E-state index is 11.7. The third-order valence-electron chi connectivity index (χ3n) is 3.46. The van der Waals surface area contributed by atoms with E-state index in [9.17, 15) is 18.3 Å². The maximum Gasteiger partial charge on any atom is 0.219 e. The molecule has 0 spiro atoms. The van der Waals surface area contributed by atoms with E-state index in [4.69, 9.17) is 0 Å². The van der Waals surface area contributed by atoms with Crippen LogP contribution in [0.2, 0.25) is 0 Å². The van der Waals surface area contributed by atoms with Gasteiger partial charge in [0.1, 0.15) is 0 Å². The molecule has 1 N–H and O–H groups in total. The molecule has 0 aliphatic carbocycles. The van der Waals surface area contributed by atoms with Gasteiger partial charge in [0.15, 0.2) is 0 Å². The zero-order valence-corrected chi connectivity index (χ0v) is 13.3. The number of nitrogens with zero attached hydrogens (tertiary/aromatic N) is 3. The quantitative estimate of drug-likeness (QED) is 0.689. The lowest BCUT2D eigenvalue weighted by molar-refractivity contribution is -0.129. The number of sulfonamides is 1. The van der Waals surface area contributed by atoms with Gasteiger partial charge in [-0.3, -0.25) is 9.69 Å². The van der Waals surface area contributed by atoms with Gasteiger partial charge in [0.25, 0.3) is 0 Å². The SMILES string of the molecule is CC(=O)N1CCN(CCCS(=O)(=O)N(C)C)CC(O)C1. The lowest BCUT2D eigenvalue weighted by atomic mass is 10.3. The van der Waals surface area contributed by atoms with Gasteiger partial charge < -0.3 is 10.0 Å². The molecule has 0 aromatic heterocycles. The van der Waals surface area contributed by atoms with E-state index in [1.165, 1.54) is 25.3 Å². The molecule has 1 fully saturated rings. The molecule has 1 unspecified atom stereocenters. The highest BCUT2D eigenvalue weighted by molar-refractivity contribution is 7.89. The Morgan fingerprint density at radius 3 is 2.50 bits per heavy atom. The summed E-state index contributed by atoms with van der Waals surface area (Å²) < 4.78 is 24.5. The fraction of sp³-hybridized carbons (Fsp3) is 0.917. The van der Waals surface area contributed by atoms with Gasteiger partial charge in [0, 0.05) is 47.2 Å². The Kier molecular flexibility index (Phi) is 6.38. The predicted octanol–water partition coefficient (Wildman–Crippen LogP) is -1.21. The minimum atomic E-state index is -3.17. The fourth-order valence-corrected chi connectivity index (χ4v) is 3.06. The van der Waals surface area contributed by atoms with Crippen molar-refractivity contribution >= 4 is 15.9 Å². The second kappa shape index (κ2) is 7.35. The van der Waals surface area contributed by atoms with E-state index in [0.717, 1.165) is 0 Å². The third kappa shape index (κ3) is 5.35. The van der Waals surface area contributed by atoms with Gasteiger partial charge in [-0.05, 0) is 13.0 Å². The Morgan fingerprint density at radius 2 is 1.95 bits per heavy atom. The average molecular weight is 307 g/mol. The van der Waals surface area contributed by atoms with Crippen molar-refractivity contribution in [2.45, 2.75) is 19.4 Å². The summed E-state index contributed by atoms with van der Waals surface area (Å²) in [6, 6.07) is 0. The van der Waals surface area contributed by atoms with Crippen LogP contribution in [-0.4, -0.2) is 92.2 Å². The zero-order valence-electron chi connectivity index (χ0n) is 12.4. The highest BCUT2D eigenvalue weighted by Gasteiger charge is 2.23. The lowest BCUT2D eigenvalue weighted by Gasteiger charge is -2.21. The van der Waals surface area contributed by atoms with Crippen molar-refractivity contribution in [2.24, 2.45) is 0 Å². The third-order valence-corrected chi connectivity index (χ3v) is 5.38. The van der Waals surface area contributed by atoms with E-state index in [1.807, 2.05) is 4.90 Å². The van der Waals surface area contributed by atoms with Crippen molar-refractivity contribution < 1.29 is 18.3 Å². The van der Waals surface area contributed by atoms with Crippen LogP contribution in [0.3, 0.4) is 0 Å². The Hall–Kier alpha value is -0.700. The number of hydrogen-bond acceptors (Lipinski definition) is 5. The lowest BCUT2D eigenvalue weighted by Crippen LogP contribution is -2.36. The molecule has 20 heavy (non-hydrogen) atoms. The molecule has 7 nitrogen and oxygen atoms in total. The zero-order chi connectivity index (χ0) is 15.3. The van der Waals surface area contributed by atoms with Crippen molar-refractivity contribution in [3.05, 3.63) is 0 Å². The second-order valence-corrected chi connectivity index (χ2v) is 7.67. The van der Waals surface area contributed by atoms with Gasteiger partial charge in [-0.2, -0.15) is 0 Å². The first-order valence-corrected chi connectivity index (χ1v) is 8.39. The number of β-amino-alcohol motifs (C(OH)–C–C–N with tert-alkyl or cyclic N) is 1. The smallest absolute Gasteiger partial charge is 0.219 e. The molecule has 118 valence electrons. The number of aliphatic hydroxyl groups is 1. The van der Waals surface area contributed by atoms with Crippen LogP contribution in [0.25, 0.3) is 0 Å². The summed E-state index contributed by atoms with van der Waals surface area (Å²) in [6.07, 6.45) is -0.0558. The normalized spacial score (nSPS) is 22.1. The molecule has 0 aromatic rings. The van der Waals surface area contributed by atoms with Gasteiger partial charge in [-0.15, -0.1) is 0 Å². The first-order valence-electron chi connectivity index (χ1n) is 6.78. The van der Waals surface area contributed by atoms with Crippen LogP contribution in [0.1, 0.15) is 13.3 Å². The Bertz CT molecular complexity index is 424. The predicted molar refractivity (Wildman–Crippen MR) is 76.8 cm³/mol. The summed E-state index contributed by atoms with van der Waals surface area (Å²) in [5.41, 5.74) is 0. The molecule has 8 heteroatoms. The number of amides is 1. The van der Waals surface area contributed by atoms with Crippen molar-refractivity contribution in [3.63, 3.8) is 0 Å². The van der Waals surface area contributed by atoms with E-state index in [-0.39, 0.29) is 11.7 Å². The summed E-state index contributed by atoms with van der Waals surface area (Å²) in [5.74, 6) is 0.0596. The Balaban J connectivity index is 2.43. The largest absolute Gasteiger partial charge is 0.390 e. The summed E-state index contributed by atoms with van der Waals surface area (Å²) in [7, 11) is -0.119. The van der Waals surface area contributed by atoms with E-state index in [0.29, 0.717) is 39.1 Å². The number of hydrogen-bond donors (Lipinski definition) is 1. The van der Waals surface area contributed by atoms with E-state index >= 15 is 0 Å². The van der Waals surface area contributed by atoms with E-state index in [1.54, 1.807) is 4.90 Å². The second-order valence-electron chi connectivity index (χ2n) is 5.37. The molecule has 1 aliphatic heterocycles. The van der Waals surface area contributed by atoms with Gasteiger partial charge in [-0.1, -0.05) is 0 Å². The van der Waals surface area contributed by atoms with Crippen LogP contribution in [-0.2, 0) is 14.8 Å². The van der Waals surface area contributed by atoms with E-state index < -0.39 is 16.1 Å². The molecule has 0 bridgehead atoms. The summed E-state index contributed by atoms with van der Waals surface area (Å²) in [4.78, 5) is 15.0. The fourth-order valence-electron chi connectivity index (χ4n) is 2.20. The number of aliphatic hydroxyl groups excluding tert-OH is 1. The van der Waals surface area contributed by atoms with Crippen molar-refractivity contribution in [1.29, 1.82) is 0 Å². The molecular weight excluding hydrogens is 282 g/mol. The van der Waals surface area contributed by atoms with Crippen LogP contribution < -0.4 is 0 Å². The monoisotopic (exact) mass is 307 g/mol. The number of carbonyl (C=O) groups excluding carboxylic acids is 1. The van der Waals surface area contributed by atoms with Crippen molar-refractivity contribution in [1.82, 2.24) is 14.1 Å². The standard InChI is InChI=1S/C12H25N3O4S/c1-11(16)15-7-6-14(9-12(17)10-15)5-4-8-20(18,19)13(2)3/h12,17H,4-10H2,1-3H3. The number of carbonyl (C=O) groups is 1. The van der Waals surface area contributed by atoms with E-state index in [2.05, 4.69) is 0 Å². The molecule has 1 rings (SSSR count). The first-order chi connectivity index (χ1) is 9.22. The first kappa shape index (κ1) is 17.4. The minimum absolute atomic E-state index is 0.0407. The highest BCUT2D eigenvalue weighted by Crippen LogP contribution is 2.06. The summed E-state index contributed by atoms with van der Waals surface area (Å²) in [5, 5.41) is 9.86. The highest BCUT2D eigenvalue weighted by atomic mass is 32.2. The van der Waals surface area contributed by atoms with Crippen LogP contribution in [0.4, 0.5) is 0 Å². The molecule has 1 atom stereocenters. The van der Waals surface area contributed by atoms with Crippen molar-refractivity contribution in [2.75, 3.05) is 52.6 Å². The Morgan fingerprint density at radius 1 is 1.30 bits per heavy atom. The Labute approximate surface area is 121 Å². The average Bonchev–Trinajstić information content (AvgIpc) is 2.50. The molecule has 1 amide bonds. The minimum Gasteiger partial charge on any atom is -0.390 e. The molecule has 0 radical (unpaired) electrons. The molecule has 1 heterocycles. The van der Waals surface area contributed by atoms with Crippen LogP contribution in [0.5, 0.6) is 0 Å². The van der Waals surface area contributed by atoms with Crippen LogP contribution in [0.15, 0.2) is 0 Å². The molecule has 0 aromatic carbocycles. The molecule has 0 saturated carbocycles. The molecular formula is C12H25N3O4S. The van der Waals surface area contributed by atoms with Gasteiger partial charge in [0.05, 0.1) is 11.9 Å². The van der Waals surface area contributed by atoms with Crippen LogP contribution >= 0.6 is 0 Å². The van der Waals surface area contributed by atoms with Gasteiger partial charge >= 0.3 is 0 Å². The number of rotatable bonds is 5. The summed E-state index contributed by atoms with van der Waals surface area (Å²) in [6.45, 7) is 4.17. The molecule has 1 aliphatic rings. The van der Waals surface area contributed by atoms with Crippen LogP contribution in [0, 0.1) is 0 Å². The summed E-state index contributed by atoms with van der Waals surface area (Å²) >= 11 is 0.